The molecule has 0 spiro atoms. The minimum Gasteiger partial charge on any atom is -0.424 e. The lowest BCUT2D eigenvalue weighted by molar-refractivity contribution is 0.154. The Hall–Kier alpha value is -0.940. The number of aliphatic hydroxyl groups excluding tert-OH is 1. The van der Waals surface area contributed by atoms with Gasteiger partial charge in [-0.15, -0.1) is 10.2 Å². The Morgan fingerprint density at radius 3 is 2.76 bits per heavy atom. The number of hydrogen-bond donors (Lipinski definition) is 1. The van der Waals surface area contributed by atoms with E-state index in [2.05, 4.69) is 28.9 Å². The summed E-state index contributed by atoms with van der Waals surface area (Å²) in [6, 6.07) is 0.0977. The largest absolute Gasteiger partial charge is 0.424 e. The molecular formula is C12H21N3O2. The maximum absolute atomic E-state index is 9.51. The fraction of sp³-hybridized carbons (Fsp3) is 0.833. The molecule has 1 aromatic rings. The van der Waals surface area contributed by atoms with Gasteiger partial charge in [0.2, 0.25) is 11.8 Å². The van der Waals surface area contributed by atoms with E-state index >= 15 is 0 Å². The zero-order valence-electron chi connectivity index (χ0n) is 10.8. The van der Waals surface area contributed by atoms with Crippen molar-refractivity contribution in [2.24, 2.45) is 5.92 Å². The highest BCUT2D eigenvalue weighted by Crippen LogP contribution is 2.24. The Balaban J connectivity index is 1.99. The van der Waals surface area contributed by atoms with E-state index in [4.69, 9.17) is 4.42 Å². The molecule has 0 amide bonds. The van der Waals surface area contributed by atoms with Crippen LogP contribution in [0.4, 0.5) is 0 Å². The van der Waals surface area contributed by atoms with Gasteiger partial charge in [0.15, 0.2) is 0 Å². The topological polar surface area (TPSA) is 62.4 Å². The number of aliphatic hydroxyl groups is 1. The van der Waals surface area contributed by atoms with E-state index in [0.29, 0.717) is 24.2 Å². The fourth-order valence-electron chi connectivity index (χ4n) is 2.14. The summed E-state index contributed by atoms with van der Waals surface area (Å²) in [5.74, 6) is 1.89. The van der Waals surface area contributed by atoms with Gasteiger partial charge in [0, 0.05) is 19.5 Å². The summed E-state index contributed by atoms with van der Waals surface area (Å²) in [5.41, 5.74) is 0. The summed E-state index contributed by atoms with van der Waals surface area (Å²) >= 11 is 0. The summed E-state index contributed by atoms with van der Waals surface area (Å²) in [7, 11) is 0. The van der Waals surface area contributed by atoms with Crippen molar-refractivity contribution >= 4 is 0 Å². The second kappa shape index (κ2) is 5.14. The molecule has 0 radical (unpaired) electrons. The number of aromatic nitrogens is 2. The molecule has 1 N–H and O–H groups in total. The first-order chi connectivity index (χ1) is 8.06. The van der Waals surface area contributed by atoms with Gasteiger partial charge in [0.1, 0.15) is 0 Å². The maximum atomic E-state index is 9.51. The Morgan fingerprint density at radius 2 is 2.18 bits per heavy atom. The van der Waals surface area contributed by atoms with Crippen LogP contribution in [-0.2, 0) is 6.42 Å². The molecule has 2 heterocycles. The van der Waals surface area contributed by atoms with E-state index in [9.17, 15) is 5.11 Å². The molecule has 1 fully saturated rings. The molecule has 1 aliphatic heterocycles. The molecule has 5 nitrogen and oxygen atoms in total. The van der Waals surface area contributed by atoms with E-state index in [1.54, 1.807) is 0 Å². The van der Waals surface area contributed by atoms with Crippen LogP contribution in [0.25, 0.3) is 0 Å². The van der Waals surface area contributed by atoms with Gasteiger partial charge < -0.3 is 9.52 Å². The Bertz CT molecular complexity index is 364. The van der Waals surface area contributed by atoms with Crippen LogP contribution in [-0.4, -0.2) is 39.4 Å². The van der Waals surface area contributed by atoms with Crippen LogP contribution >= 0.6 is 0 Å². The van der Waals surface area contributed by atoms with Crippen LogP contribution in [0.1, 0.15) is 45.0 Å². The van der Waals surface area contributed by atoms with Crippen molar-refractivity contribution in [3.8, 4) is 0 Å². The lowest BCUT2D eigenvalue weighted by Crippen LogP contribution is -2.25. The highest BCUT2D eigenvalue weighted by Gasteiger charge is 2.28. The fourth-order valence-corrected chi connectivity index (χ4v) is 2.14. The maximum Gasteiger partial charge on any atom is 0.233 e. The first kappa shape index (κ1) is 12.5. The Labute approximate surface area is 102 Å². The predicted molar refractivity (Wildman–Crippen MR) is 63.5 cm³/mol. The molecule has 1 aromatic heterocycles. The molecule has 17 heavy (non-hydrogen) atoms. The zero-order valence-corrected chi connectivity index (χ0v) is 10.8. The molecule has 2 atom stereocenters. The van der Waals surface area contributed by atoms with Crippen molar-refractivity contribution in [3.63, 3.8) is 0 Å². The average molecular weight is 239 g/mol. The van der Waals surface area contributed by atoms with Crippen LogP contribution in [0.5, 0.6) is 0 Å². The summed E-state index contributed by atoms with van der Waals surface area (Å²) in [5, 5.41) is 17.7. The van der Waals surface area contributed by atoms with E-state index in [1.807, 2.05) is 6.92 Å². The predicted octanol–water partition coefficient (Wildman–Crippen LogP) is 1.40. The van der Waals surface area contributed by atoms with Gasteiger partial charge in [-0.05, 0) is 19.3 Å². The molecule has 2 rings (SSSR count). The van der Waals surface area contributed by atoms with Gasteiger partial charge in [-0.1, -0.05) is 13.8 Å². The second-order valence-corrected chi connectivity index (χ2v) is 5.25. The molecular weight excluding hydrogens is 218 g/mol. The monoisotopic (exact) mass is 239 g/mol. The normalized spacial score (nSPS) is 23.5. The molecule has 0 aromatic carbocycles. The van der Waals surface area contributed by atoms with Crippen molar-refractivity contribution < 1.29 is 9.52 Å². The molecule has 0 saturated carbocycles. The minimum atomic E-state index is -0.212. The number of likely N-dealkylation sites (tertiary alicyclic amines) is 1. The molecule has 0 aliphatic carbocycles. The van der Waals surface area contributed by atoms with Crippen molar-refractivity contribution in [3.05, 3.63) is 11.8 Å². The average Bonchev–Trinajstić information content (AvgIpc) is 2.85. The number of nitrogens with zero attached hydrogens (tertiary/aromatic N) is 3. The van der Waals surface area contributed by atoms with Gasteiger partial charge in [-0.2, -0.15) is 0 Å². The van der Waals surface area contributed by atoms with Crippen LogP contribution in [0, 0.1) is 5.92 Å². The summed E-state index contributed by atoms with van der Waals surface area (Å²) in [6.07, 6.45) is 1.44. The van der Waals surface area contributed by atoms with Gasteiger partial charge in [0.25, 0.3) is 0 Å². The first-order valence-electron chi connectivity index (χ1n) is 6.30. The standard InChI is InChI=1S/C12H21N3O2/c1-8(2)6-11-13-14-12(17-11)9(3)15-5-4-10(16)7-15/h8-10,16H,4-7H2,1-3H3/t9?,10-/m0/s1. The third-order valence-electron chi connectivity index (χ3n) is 3.17. The first-order valence-corrected chi connectivity index (χ1v) is 6.30. The van der Waals surface area contributed by atoms with Gasteiger partial charge in [-0.3, -0.25) is 4.90 Å². The summed E-state index contributed by atoms with van der Waals surface area (Å²) in [6.45, 7) is 7.90. The summed E-state index contributed by atoms with van der Waals surface area (Å²) < 4.78 is 5.66. The molecule has 5 heteroatoms. The third-order valence-corrected chi connectivity index (χ3v) is 3.17. The SMILES string of the molecule is CC(C)Cc1nnc(C(C)N2CC[C@H](O)C2)o1. The molecule has 0 bridgehead atoms. The van der Waals surface area contributed by atoms with E-state index in [1.165, 1.54) is 0 Å². The molecule has 1 saturated heterocycles. The van der Waals surface area contributed by atoms with Crippen molar-refractivity contribution in [1.29, 1.82) is 0 Å². The second-order valence-electron chi connectivity index (χ2n) is 5.25. The quantitative estimate of drug-likeness (QED) is 0.860. The smallest absolute Gasteiger partial charge is 0.233 e. The van der Waals surface area contributed by atoms with Gasteiger partial charge in [-0.25, -0.2) is 0 Å². The van der Waals surface area contributed by atoms with Crippen molar-refractivity contribution in [2.75, 3.05) is 13.1 Å². The highest BCUT2D eigenvalue weighted by atomic mass is 16.4. The lowest BCUT2D eigenvalue weighted by Gasteiger charge is -2.20. The van der Waals surface area contributed by atoms with Crippen LogP contribution < -0.4 is 0 Å². The summed E-state index contributed by atoms with van der Waals surface area (Å²) in [4.78, 5) is 2.18. The number of β-amino-alcohol motifs (C(OH)–C–C–N with tert-alkyl or cyclic N) is 1. The number of hydrogen-bond acceptors (Lipinski definition) is 5. The van der Waals surface area contributed by atoms with Crippen molar-refractivity contribution in [1.82, 2.24) is 15.1 Å². The van der Waals surface area contributed by atoms with E-state index < -0.39 is 0 Å². The van der Waals surface area contributed by atoms with Crippen molar-refractivity contribution in [2.45, 2.75) is 45.8 Å². The van der Waals surface area contributed by atoms with Gasteiger partial charge >= 0.3 is 0 Å². The highest BCUT2D eigenvalue weighted by molar-refractivity contribution is 4.92. The van der Waals surface area contributed by atoms with Crippen LogP contribution in [0.2, 0.25) is 0 Å². The minimum absolute atomic E-state index is 0.0977. The molecule has 1 aliphatic rings. The van der Waals surface area contributed by atoms with E-state index in [0.717, 1.165) is 19.4 Å². The van der Waals surface area contributed by atoms with Crippen LogP contribution in [0.15, 0.2) is 4.42 Å². The van der Waals surface area contributed by atoms with Gasteiger partial charge in [0.05, 0.1) is 12.1 Å². The number of rotatable bonds is 4. The Kier molecular flexibility index (Phi) is 3.79. The Morgan fingerprint density at radius 1 is 1.41 bits per heavy atom. The van der Waals surface area contributed by atoms with E-state index in [-0.39, 0.29) is 12.1 Å². The van der Waals surface area contributed by atoms with Crippen LogP contribution in [0.3, 0.4) is 0 Å². The zero-order chi connectivity index (χ0) is 12.4. The molecule has 96 valence electrons. The third kappa shape index (κ3) is 3.04. The lowest BCUT2D eigenvalue weighted by atomic mass is 10.1. The molecule has 1 unspecified atom stereocenters.